The molecule has 0 heterocycles. The summed E-state index contributed by atoms with van der Waals surface area (Å²) in [5, 5.41) is 0. The molecule has 0 fully saturated rings. The standard InChI is InChI=1S/C6H6O3S.4C3H6.K/c7-10(8,9)6-4-2-1-3-5-6;4*1-3-2;/h1-5H,(H,7,8,9);4*3H,1H2,2H3;/q;;;;;+1/p-1. The normalized spacial score (nSPS) is 7.17. The van der Waals surface area contributed by atoms with Gasteiger partial charge in [-0.15, -0.1) is 26.3 Å². The van der Waals surface area contributed by atoms with Crippen LogP contribution in [0.1, 0.15) is 27.7 Å². The molecule has 0 bridgehead atoms. The van der Waals surface area contributed by atoms with Gasteiger partial charge in [-0.3, -0.25) is 0 Å². The second-order valence-electron chi connectivity index (χ2n) is 3.40. The molecule has 1 aromatic rings. The summed E-state index contributed by atoms with van der Waals surface area (Å²) in [6, 6.07) is 7.19. The molecule has 0 atom stereocenters. The van der Waals surface area contributed by atoms with Crippen LogP contribution in [0.15, 0.2) is 85.8 Å². The summed E-state index contributed by atoms with van der Waals surface area (Å²) >= 11 is 0. The minimum absolute atomic E-state index is 0. The molecular formula is C18H29KO3S. The monoisotopic (exact) mass is 364 g/mol. The summed E-state index contributed by atoms with van der Waals surface area (Å²) < 4.78 is 30.8. The van der Waals surface area contributed by atoms with Crippen molar-refractivity contribution in [1.82, 2.24) is 0 Å². The predicted molar refractivity (Wildman–Crippen MR) is 97.9 cm³/mol. The van der Waals surface area contributed by atoms with Crippen LogP contribution < -0.4 is 51.4 Å². The van der Waals surface area contributed by atoms with Crippen LogP contribution in [-0.4, -0.2) is 13.0 Å². The summed E-state index contributed by atoms with van der Waals surface area (Å²) in [5.74, 6) is 0. The quantitative estimate of drug-likeness (QED) is 0.437. The van der Waals surface area contributed by atoms with Crippen molar-refractivity contribution in [2.24, 2.45) is 0 Å². The zero-order valence-electron chi connectivity index (χ0n) is 15.2. The number of rotatable bonds is 1. The molecule has 0 spiro atoms. The number of allylic oxidation sites excluding steroid dienone is 4. The first-order valence-corrected chi connectivity index (χ1v) is 7.97. The van der Waals surface area contributed by atoms with Crippen LogP contribution in [0.2, 0.25) is 0 Å². The average Bonchev–Trinajstić information content (AvgIpc) is 2.42. The van der Waals surface area contributed by atoms with Crippen LogP contribution in [-0.2, 0) is 10.1 Å². The van der Waals surface area contributed by atoms with E-state index in [4.69, 9.17) is 0 Å². The molecule has 0 aliphatic heterocycles. The molecule has 0 radical (unpaired) electrons. The zero-order valence-corrected chi connectivity index (χ0v) is 19.1. The summed E-state index contributed by atoms with van der Waals surface area (Å²) in [4.78, 5) is -0.185. The molecule has 5 heteroatoms. The molecular weight excluding hydrogens is 335 g/mol. The SMILES string of the molecule is C=CC.C=CC.C=CC.C=CC.O=S(=O)([O-])c1ccccc1.[K+]. The third kappa shape index (κ3) is 44.9. The van der Waals surface area contributed by atoms with E-state index in [0.29, 0.717) is 0 Å². The van der Waals surface area contributed by atoms with Crippen LogP contribution in [0.5, 0.6) is 0 Å². The van der Waals surface area contributed by atoms with Gasteiger partial charge in [-0.25, -0.2) is 8.42 Å². The van der Waals surface area contributed by atoms with E-state index in [1.54, 1.807) is 30.4 Å². The van der Waals surface area contributed by atoms with Crippen LogP contribution in [0.4, 0.5) is 0 Å². The first-order chi connectivity index (χ1) is 10.3. The van der Waals surface area contributed by atoms with Crippen molar-refractivity contribution in [2.75, 3.05) is 0 Å². The van der Waals surface area contributed by atoms with E-state index in [1.807, 2.05) is 27.7 Å². The smallest absolute Gasteiger partial charge is 0.744 e. The van der Waals surface area contributed by atoms with E-state index in [9.17, 15) is 13.0 Å². The van der Waals surface area contributed by atoms with Crippen molar-refractivity contribution in [2.45, 2.75) is 32.6 Å². The molecule has 0 amide bonds. The van der Waals surface area contributed by atoms with Crippen molar-refractivity contribution < 1.29 is 64.4 Å². The first-order valence-electron chi connectivity index (χ1n) is 6.56. The van der Waals surface area contributed by atoms with Gasteiger partial charge in [0.25, 0.3) is 0 Å². The van der Waals surface area contributed by atoms with Crippen molar-refractivity contribution in [3.8, 4) is 0 Å². The minimum Gasteiger partial charge on any atom is -0.744 e. The van der Waals surface area contributed by atoms with Gasteiger partial charge >= 0.3 is 51.4 Å². The largest absolute Gasteiger partial charge is 1.00 e. The minimum atomic E-state index is -4.25. The van der Waals surface area contributed by atoms with E-state index < -0.39 is 10.1 Å². The third-order valence-electron chi connectivity index (χ3n) is 1.03. The van der Waals surface area contributed by atoms with Crippen molar-refractivity contribution in [3.05, 3.63) is 81.0 Å². The molecule has 3 nitrogen and oxygen atoms in total. The molecule has 0 aliphatic rings. The Bertz CT molecular complexity index is 442. The second kappa shape index (κ2) is 29.7. The van der Waals surface area contributed by atoms with Gasteiger partial charge in [-0.05, 0) is 39.8 Å². The van der Waals surface area contributed by atoms with Gasteiger partial charge in [0.1, 0.15) is 10.1 Å². The molecule has 0 N–H and O–H groups in total. The third-order valence-corrected chi connectivity index (χ3v) is 1.88. The van der Waals surface area contributed by atoms with Crippen LogP contribution in [0.3, 0.4) is 0 Å². The van der Waals surface area contributed by atoms with Gasteiger partial charge in [0.05, 0.1) is 4.90 Å². The van der Waals surface area contributed by atoms with E-state index in [-0.39, 0.29) is 56.3 Å². The maximum absolute atomic E-state index is 10.3. The first kappa shape index (κ1) is 34.1. The Morgan fingerprint density at radius 2 is 1.00 bits per heavy atom. The molecule has 0 aliphatic carbocycles. The Kier molecular flexibility index (Phi) is 44.1. The second-order valence-corrected chi connectivity index (χ2v) is 4.78. The molecule has 126 valence electrons. The van der Waals surface area contributed by atoms with E-state index in [2.05, 4.69) is 26.3 Å². The van der Waals surface area contributed by atoms with Crippen molar-refractivity contribution >= 4 is 10.1 Å². The van der Waals surface area contributed by atoms with Crippen molar-refractivity contribution in [3.63, 3.8) is 0 Å². The number of hydrogen-bond donors (Lipinski definition) is 0. The fourth-order valence-electron chi connectivity index (χ4n) is 0.587. The summed E-state index contributed by atoms with van der Waals surface area (Å²) in [5.41, 5.74) is 0. The Balaban J connectivity index is -0.0000000702. The Morgan fingerprint density at radius 3 is 1.13 bits per heavy atom. The number of hydrogen-bond acceptors (Lipinski definition) is 3. The molecule has 1 rings (SSSR count). The van der Waals surface area contributed by atoms with Crippen molar-refractivity contribution in [1.29, 1.82) is 0 Å². The molecule has 0 saturated heterocycles. The summed E-state index contributed by atoms with van der Waals surface area (Å²) in [7, 11) is -4.25. The van der Waals surface area contributed by atoms with Gasteiger partial charge < -0.3 is 4.55 Å². The van der Waals surface area contributed by atoms with E-state index in [0.717, 1.165) is 0 Å². The number of benzene rings is 1. The van der Waals surface area contributed by atoms with Gasteiger partial charge in [0.2, 0.25) is 0 Å². The Labute approximate surface area is 186 Å². The molecule has 0 saturated carbocycles. The molecule has 1 aromatic carbocycles. The van der Waals surface area contributed by atoms with Crippen LogP contribution in [0, 0.1) is 0 Å². The Morgan fingerprint density at radius 1 is 0.783 bits per heavy atom. The van der Waals surface area contributed by atoms with Crippen LogP contribution in [0.25, 0.3) is 0 Å². The van der Waals surface area contributed by atoms with Gasteiger partial charge in [0, 0.05) is 0 Å². The zero-order chi connectivity index (χ0) is 18.4. The molecule has 0 unspecified atom stereocenters. The summed E-state index contributed by atoms with van der Waals surface area (Å²) in [6.45, 7) is 21.0. The Hall–Kier alpha value is -0.274. The predicted octanol–water partition coefficient (Wildman–Crippen LogP) is 2.36. The maximum Gasteiger partial charge on any atom is 1.00 e. The van der Waals surface area contributed by atoms with Gasteiger partial charge in [0.15, 0.2) is 0 Å². The topological polar surface area (TPSA) is 57.2 Å². The van der Waals surface area contributed by atoms with E-state index >= 15 is 0 Å². The average molecular weight is 365 g/mol. The fraction of sp³-hybridized carbons (Fsp3) is 0.222. The van der Waals surface area contributed by atoms with E-state index in [1.165, 1.54) is 24.3 Å². The molecule has 0 aromatic heterocycles. The fourth-order valence-corrected chi connectivity index (χ4v) is 1.08. The summed E-state index contributed by atoms with van der Waals surface area (Å²) in [6.07, 6.45) is 7.00. The van der Waals surface area contributed by atoms with Crippen LogP contribution >= 0.6 is 0 Å². The maximum atomic E-state index is 10.3. The molecule has 23 heavy (non-hydrogen) atoms. The van der Waals surface area contributed by atoms with Gasteiger partial charge in [-0.1, -0.05) is 42.5 Å². The van der Waals surface area contributed by atoms with Gasteiger partial charge in [-0.2, -0.15) is 0 Å².